The average Bonchev–Trinajstić information content (AvgIpc) is 2.45. The highest BCUT2D eigenvalue weighted by atomic mass is 16.3. The lowest BCUT2D eigenvalue weighted by molar-refractivity contribution is -0.130. The summed E-state index contributed by atoms with van der Waals surface area (Å²) < 4.78 is 0. The van der Waals surface area contributed by atoms with Crippen LogP contribution in [0.5, 0.6) is 5.75 Å². The average molecular weight is 262 g/mol. The highest BCUT2D eigenvalue weighted by Crippen LogP contribution is 2.11. The molecule has 0 aliphatic carbocycles. The lowest BCUT2D eigenvalue weighted by atomic mass is 10.1. The second kappa shape index (κ2) is 6.22. The zero-order valence-electron chi connectivity index (χ0n) is 10.8. The largest absolute Gasteiger partial charge is 0.508 e. The third kappa shape index (κ3) is 3.71. The van der Waals surface area contributed by atoms with Crippen molar-refractivity contribution in [2.24, 2.45) is 0 Å². The number of rotatable bonds is 3. The predicted molar refractivity (Wildman–Crippen MR) is 70.9 cm³/mol. The van der Waals surface area contributed by atoms with Crippen LogP contribution in [0.2, 0.25) is 0 Å². The lowest BCUT2D eigenvalue weighted by Crippen LogP contribution is -2.42. The molecule has 0 atom stereocenters. The molecule has 19 heavy (non-hydrogen) atoms. The Morgan fingerprint density at radius 1 is 1.21 bits per heavy atom. The molecule has 5 nitrogen and oxygen atoms in total. The molecule has 1 aromatic rings. The SMILES string of the molecule is O=C(NCC(=O)N1CCCCC1)c1cccc(O)c1. The Morgan fingerprint density at radius 3 is 2.63 bits per heavy atom. The Labute approximate surface area is 112 Å². The van der Waals surface area contributed by atoms with Gasteiger partial charge in [-0.25, -0.2) is 0 Å². The molecule has 0 bridgehead atoms. The second-order valence-electron chi connectivity index (χ2n) is 4.67. The number of carbonyl (C=O) groups is 2. The first kappa shape index (κ1) is 13.4. The van der Waals surface area contributed by atoms with Crippen molar-refractivity contribution in [1.82, 2.24) is 10.2 Å². The maximum Gasteiger partial charge on any atom is 0.251 e. The summed E-state index contributed by atoms with van der Waals surface area (Å²) in [6.45, 7) is 1.57. The van der Waals surface area contributed by atoms with Gasteiger partial charge < -0.3 is 15.3 Å². The van der Waals surface area contributed by atoms with Gasteiger partial charge in [0.2, 0.25) is 5.91 Å². The molecule has 5 heteroatoms. The van der Waals surface area contributed by atoms with Gasteiger partial charge >= 0.3 is 0 Å². The number of nitrogens with zero attached hydrogens (tertiary/aromatic N) is 1. The molecular weight excluding hydrogens is 244 g/mol. The zero-order chi connectivity index (χ0) is 13.7. The molecular formula is C14H18N2O3. The van der Waals surface area contributed by atoms with Gasteiger partial charge in [-0.3, -0.25) is 9.59 Å². The monoisotopic (exact) mass is 262 g/mol. The van der Waals surface area contributed by atoms with Gasteiger partial charge in [0.25, 0.3) is 5.91 Å². The standard InChI is InChI=1S/C14H18N2O3/c17-12-6-4-5-11(9-12)14(19)15-10-13(18)16-7-2-1-3-8-16/h4-6,9,17H,1-3,7-8,10H2,(H,15,19). The van der Waals surface area contributed by atoms with E-state index in [2.05, 4.69) is 5.32 Å². The highest BCUT2D eigenvalue weighted by Gasteiger charge is 2.17. The Balaban J connectivity index is 1.84. The molecule has 0 saturated carbocycles. The van der Waals surface area contributed by atoms with E-state index in [0.717, 1.165) is 25.9 Å². The Hall–Kier alpha value is -2.04. The van der Waals surface area contributed by atoms with Crippen LogP contribution in [0.15, 0.2) is 24.3 Å². The molecule has 2 amide bonds. The summed E-state index contributed by atoms with van der Waals surface area (Å²) in [6.07, 6.45) is 3.23. The number of benzene rings is 1. The Kier molecular flexibility index (Phi) is 4.39. The molecule has 1 fully saturated rings. The minimum absolute atomic E-state index is 0.00842. The molecule has 2 rings (SSSR count). The molecule has 0 aromatic heterocycles. The van der Waals surface area contributed by atoms with Crippen molar-refractivity contribution in [3.63, 3.8) is 0 Å². The quantitative estimate of drug-likeness (QED) is 0.858. The van der Waals surface area contributed by atoms with E-state index in [0.29, 0.717) is 5.56 Å². The van der Waals surface area contributed by atoms with E-state index < -0.39 is 0 Å². The van der Waals surface area contributed by atoms with E-state index in [1.54, 1.807) is 17.0 Å². The van der Waals surface area contributed by atoms with Crippen molar-refractivity contribution in [3.05, 3.63) is 29.8 Å². The first-order valence-electron chi connectivity index (χ1n) is 6.52. The van der Waals surface area contributed by atoms with Crippen LogP contribution in [0.3, 0.4) is 0 Å². The maximum absolute atomic E-state index is 11.9. The number of phenolic OH excluding ortho intramolecular Hbond substituents is 1. The lowest BCUT2D eigenvalue weighted by Gasteiger charge is -2.26. The van der Waals surface area contributed by atoms with E-state index in [-0.39, 0.29) is 24.1 Å². The minimum atomic E-state index is -0.346. The first-order chi connectivity index (χ1) is 9.16. The molecule has 0 spiro atoms. The minimum Gasteiger partial charge on any atom is -0.508 e. The van der Waals surface area contributed by atoms with Crippen LogP contribution in [-0.4, -0.2) is 41.5 Å². The number of likely N-dealkylation sites (tertiary alicyclic amines) is 1. The summed E-state index contributed by atoms with van der Waals surface area (Å²) in [7, 11) is 0. The van der Waals surface area contributed by atoms with Crippen LogP contribution in [0.1, 0.15) is 29.6 Å². The maximum atomic E-state index is 11.9. The van der Waals surface area contributed by atoms with Crippen LogP contribution in [0, 0.1) is 0 Å². The summed E-state index contributed by atoms with van der Waals surface area (Å²) >= 11 is 0. The van der Waals surface area contributed by atoms with Crippen LogP contribution in [0.25, 0.3) is 0 Å². The molecule has 1 heterocycles. The van der Waals surface area contributed by atoms with E-state index in [1.165, 1.54) is 18.6 Å². The molecule has 1 aliphatic rings. The summed E-state index contributed by atoms with van der Waals surface area (Å²) in [5.74, 6) is -0.357. The number of nitrogens with one attached hydrogen (secondary N) is 1. The van der Waals surface area contributed by atoms with Gasteiger partial charge in [0, 0.05) is 18.7 Å². The second-order valence-corrected chi connectivity index (χ2v) is 4.67. The fourth-order valence-corrected chi connectivity index (χ4v) is 2.16. The number of hydrogen-bond acceptors (Lipinski definition) is 3. The molecule has 0 unspecified atom stereocenters. The van der Waals surface area contributed by atoms with Crippen molar-refractivity contribution < 1.29 is 14.7 Å². The van der Waals surface area contributed by atoms with E-state index in [9.17, 15) is 14.7 Å². The smallest absolute Gasteiger partial charge is 0.251 e. The summed E-state index contributed by atoms with van der Waals surface area (Å²) in [5, 5.41) is 11.9. The summed E-state index contributed by atoms with van der Waals surface area (Å²) in [6, 6.07) is 6.06. The highest BCUT2D eigenvalue weighted by molar-refractivity contribution is 5.96. The van der Waals surface area contributed by atoms with E-state index in [1.807, 2.05) is 0 Å². The molecule has 102 valence electrons. The predicted octanol–water partition coefficient (Wildman–Crippen LogP) is 1.13. The van der Waals surface area contributed by atoms with E-state index in [4.69, 9.17) is 0 Å². The molecule has 1 aromatic carbocycles. The number of aromatic hydroxyl groups is 1. The van der Waals surface area contributed by atoms with Crippen molar-refractivity contribution in [3.8, 4) is 5.75 Å². The van der Waals surface area contributed by atoms with Crippen molar-refractivity contribution >= 4 is 11.8 Å². The van der Waals surface area contributed by atoms with Crippen LogP contribution < -0.4 is 5.32 Å². The first-order valence-corrected chi connectivity index (χ1v) is 6.52. The fourth-order valence-electron chi connectivity index (χ4n) is 2.16. The third-order valence-electron chi connectivity index (χ3n) is 3.22. The van der Waals surface area contributed by atoms with Crippen molar-refractivity contribution in [1.29, 1.82) is 0 Å². The van der Waals surface area contributed by atoms with Gasteiger partial charge in [0.15, 0.2) is 0 Å². The van der Waals surface area contributed by atoms with Gasteiger partial charge in [-0.15, -0.1) is 0 Å². The Bertz CT molecular complexity index is 468. The summed E-state index contributed by atoms with van der Waals surface area (Å²) in [4.78, 5) is 25.4. The number of amides is 2. The van der Waals surface area contributed by atoms with E-state index >= 15 is 0 Å². The molecule has 1 aliphatic heterocycles. The molecule has 2 N–H and O–H groups in total. The van der Waals surface area contributed by atoms with Gasteiger partial charge in [-0.05, 0) is 37.5 Å². The van der Waals surface area contributed by atoms with Gasteiger partial charge in [0.1, 0.15) is 5.75 Å². The van der Waals surface area contributed by atoms with Gasteiger partial charge in [-0.2, -0.15) is 0 Å². The van der Waals surface area contributed by atoms with Gasteiger partial charge in [-0.1, -0.05) is 6.07 Å². The number of phenols is 1. The van der Waals surface area contributed by atoms with Crippen molar-refractivity contribution in [2.75, 3.05) is 19.6 Å². The van der Waals surface area contributed by atoms with Crippen LogP contribution in [-0.2, 0) is 4.79 Å². The number of hydrogen-bond donors (Lipinski definition) is 2. The number of piperidine rings is 1. The normalized spacial score (nSPS) is 15.1. The van der Waals surface area contributed by atoms with Gasteiger partial charge in [0.05, 0.1) is 6.54 Å². The zero-order valence-corrected chi connectivity index (χ0v) is 10.8. The Morgan fingerprint density at radius 2 is 1.95 bits per heavy atom. The topological polar surface area (TPSA) is 69.6 Å². The summed E-state index contributed by atoms with van der Waals surface area (Å²) in [5.41, 5.74) is 0.353. The third-order valence-corrected chi connectivity index (χ3v) is 3.22. The van der Waals surface area contributed by atoms with Crippen molar-refractivity contribution in [2.45, 2.75) is 19.3 Å². The van der Waals surface area contributed by atoms with Crippen LogP contribution in [0.4, 0.5) is 0 Å². The number of carbonyl (C=O) groups excluding carboxylic acids is 2. The fraction of sp³-hybridized carbons (Fsp3) is 0.429. The van der Waals surface area contributed by atoms with Crippen LogP contribution >= 0.6 is 0 Å². The molecule has 1 saturated heterocycles. The molecule has 0 radical (unpaired) electrons.